The maximum Gasteiger partial charge on any atom is 0.293 e. The molecular weight excluding hydrogens is 270 g/mol. The number of nitrogens with zero attached hydrogens (tertiary/aromatic N) is 1. The van der Waals surface area contributed by atoms with Gasteiger partial charge in [-0.05, 0) is 18.8 Å². The molecule has 0 bridgehead atoms. The number of carbonyl (C=O) groups excluding carboxylic acids is 2. The Morgan fingerprint density at radius 2 is 2.10 bits per heavy atom. The van der Waals surface area contributed by atoms with Crippen LogP contribution in [0.4, 0.5) is 0 Å². The van der Waals surface area contributed by atoms with Gasteiger partial charge in [-0.25, -0.2) is 0 Å². The summed E-state index contributed by atoms with van der Waals surface area (Å²) in [4.78, 5) is 23.2. The third kappa shape index (κ3) is 8.02. The maximum atomic E-state index is 11.8. The molecule has 0 spiro atoms. The molecule has 0 aromatic carbocycles. The molecular formula is C15H29N3O3. The number of ether oxygens (including phenoxy) is 1. The summed E-state index contributed by atoms with van der Waals surface area (Å²) in [5.74, 6) is 0.885. The second-order valence-electron chi connectivity index (χ2n) is 5.68. The van der Waals surface area contributed by atoms with E-state index in [1.165, 1.54) is 12.8 Å². The lowest BCUT2D eigenvalue weighted by atomic mass is 10.1. The molecule has 1 aliphatic carbocycles. The Labute approximate surface area is 127 Å². The summed E-state index contributed by atoms with van der Waals surface area (Å²) >= 11 is 0. The Balaban J connectivity index is 0.000000270. The van der Waals surface area contributed by atoms with Crippen LogP contribution in [0.5, 0.6) is 0 Å². The molecule has 2 rings (SSSR count). The highest BCUT2D eigenvalue weighted by Crippen LogP contribution is 2.33. The van der Waals surface area contributed by atoms with Crippen LogP contribution >= 0.6 is 0 Å². The van der Waals surface area contributed by atoms with E-state index in [1.807, 2.05) is 11.8 Å². The Morgan fingerprint density at radius 3 is 2.62 bits per heavy atom. The molecule has 0 aromatic heterocycles. The fourth-order valence-corrected chi connectivity index (χ4v) is 2.21. The zero-order valence-corrected chi connectivity index (χ0v) is 13.1. The van der Waals surface area contributed by atoms with Gasteiger partial charge in [-0.1, -0.05) is 26.2 Å². The minimum Gasteiger partial charge on any atom is -0.468 e. The van der Waals surface area contributed by atoms with Crippen molar-refractivity contribution in [2.75, 3.05) is 32.8 Å². The summed E-state index contributed by atoms with van der Waals surface area (Å²) in [7, 11) is 0. The lowest BCUT2D eigenvalue weighted by molar-refractivity contribution is -0.133. The first kappa shape index (κ1) is 17.9. The van der Waals surface area contributed by atoms with Gasteiger partial charge in [0.1, 0.15) is 0 Å². The van der Waals surface area contributed by atoms with Crippen molar-refractivity contribution in [3.8, 4) is 0 Å². The van der Waals surface area contributed by atoms with Crippen LogP contribution in [0.15, 0.2) is 0 Å². The molecule has 1 aliphatic heterocycles. The highest BCUT2D eigenvalue weighted by atomic mass is 16.5. The highest BCUT2D eigenvalue weighted by Gasteiger charge is 2.29. The van der Waals surface area contributed by atoms with Crippen LogP contribution in [0, 0.1) is 5.92 Å². The fraction of sp³-hybridized carbons (Fsp3) is 0.867. The fourth-order valence-electron chi connectivity index (χ4n) is 2.21. The Morgan fingerprint density at radius 1 is 1.43 bits per heavy atom. The van der Waals surface area contributed by atoms with Crippen LogP contribution in [-0.4, -0.2) is 56.1 Å². The van der Waals surface area contributed by atoms with E-state index in [0.29, 0.717) is 13.1 Å². The molecule has 0 radical (unpaired) electrons. The molecule has 2 aliphatic rings. The Hall–Kier alpha value is -1.14. The minimum atomic E-state index is -0.249. The van der Waals surface area contributed by atoms with Crippen molar-refractivity contribution < 1.29 is 14.3 Å². The van der Waals surface area contributed by atoms with E-state index in [1.54, 1.807) is 0 Å². The lowest BCUT2D eigenvalue weighted by Crippen LogP contribution is -2.51. The maximum absolute atomic E-state index is 11.8. The van der Waals surface area contributed by atoms with Crippen molar-refractivity contribution in [1.82, 2.24) is 10.2 Å². The number of nitrogens with two attached hydrogens (primary N) is 1. The molecule has 1 atom stereocenters. The topological polar surface area (TPSA) is 84.7 Å². The van der Waals surface area contributed by atoms with Gasteiger partial charge in [-0.15, -0.1) is 0 Å². The lowest BCUT2D eigenvalue weighted by Gasteiger charge is -2.29. The largest absolute Gasteiger partial charge is 0.468 e. The molecule has 122 valence electrons. The van der Waals surface area contributed by atoms with E-state index < -0.39 is 0 Å². The first-order valence-electron chi connectivity index (χ1n) is 7.99. The average Bonchev–Trinajstić information content (AvgIpc) is 3.32. The number of piperazine rings is 1. The van der Waals surface area contributed by atoms with Gasteiger partial charge >= 0.3 is 0 Å². The Kier molecular flexibility index (Phi) is 9.01. The van der Waals surface area contributed by atoms with Crippen molar-refractivity contribution in [3.05, 3.63) is 0 Å². The summed E-state index contributed by atoms with van der Waals surface area (Å²) in [5, 5.41) is 3.23. The number of amides is 1. The zero-order valence-electron chi connectivity index (χ0n) is 13.1. The second kappa shape index (κ2) is 10.6. The third-order valence-corrected chi connectivity index (χ3v) is 3.71. The molecule has 0 unspecified atom stereocenters. The summed E-state index contributed by atoms with van der Waals surface area (Å²) in [6, 6.07) is -0.249. The van der Waals surface area contributed by atoms with Gasteiger partial charge in [0.15, 0.2) is 0 Å². The summed E-state index contributed by atoms with van der Waals surface area (Å²) < 4.78 is 4.39. The van der Waals surface area contributed by atoms with E-state index >= 15 is 0 Å². The van der Waals surface area contributed by atoms with Gasteiger partial charge in [-0.2, -0.15) is 0 Å². The normalized spacial score (nSPS) is 19.2. The molecule has 1 amide bonds. The monoisotopic (exact) mass is 299 g/mol. The number of carbonyl (C=O) groups is 2. The van der Waals surface area contributed by atoms with E-state index in [-0.39, 0.29) is 11.9 Å². The molecule has 0 aromatic rings. The van der Waals surface area contributed by atoms with E-state index in [9.17, 15) is 9.59 Å². The third-order valence-electron chi connectivity index (χ3n) is 3.71. The van der Waals surface area contributed by atoms with Crippen molar-refractivity contribution in [1.29, 1.82) is 0 Å². The van der Waals surface area contributed by atoms with Gasteiger partial charge < -0.3 is 20.7 Å². The molecule has 3 N–H and O–H groups in total. The van der Waals surface area contributed by atoms with Crippen LogP contribution in [0.1, 0.15) is 39.0 Å². The number of unbranched alkanes of at least 4 members (excludes halogenated alkanes) is 1. The number of rotatable bonds is 7. The van der Waals surface area contributed by atoms with Crippen molar-refractivity contribution in [2.45, 2.75) is 45.1 Å². The van der Waals surface area contributed by atoms with Crippen molar-refractivity contribution >= 4 is 12.4 Å². The van der Waals surface area contributed by atoms with Crippen LogP contribution in [0.25, 0.3) is 0 Å². The summed E-state index contributed by atoms with van der Waals surface area (Å²) in [6.07, 6.45) is 5.47. The first-order valence-corrected chi connectivity index (χ1v) is 7.99. The minimum absolute atomic E-state index is 0.151. The van der Waals surface area contributed by atoms with E-state index in [0.717, 1.165) is 51.4 Å². The zero-order chi connectivity index (χ0) is 15.5. The van der Waals surface area contributed by atoms with Crippen LogP contribution < -0.4 is 11.1 Å². The standard InChI is InChI=1S/C10H19N3O.C5H10O2/c11-9(7-8-1-2-8)10(14)13-5-3-12-4-6-13;1-2-3-4-7-5-6/h8-9,12H,1-7,11H2;5H,2-4H2,1H3/t9-;/m0./s1. The number of nitrogens with one attached hydrogen (secondary N) is 1. The molecule has 6 nitrogen and oxygen atoms in total. The molecule has 2 fully saturated rings. The van der Waals surface area contributed by atoms with Gasteiger partial charge in [-0.3, -0.25) is 9.59 Å². The average molecular weight is 299 g/mol. The van der Waals surface area contributed by atoms with Crippen molar-refractivity contribution in [2.24, 2.45) is 11.7 Å². The smallest absolute Gasteiger partial charge is 0.293 e. The number of hydrogen-bond donors (Lipinski definition) is 2. The highest BCUT2D eigenvalue weighted by molar-refractivity contribution is 5.81. The predicted molar refractivity (Wildman–Crippen MR) is 81.7 cm³/mol. The van der Waals surface area contributed by atoms with Crippen molar-refractivity contribution in [3.63, 3.8) is 0 Å². The SMILES string of the molecule is CCCCOC=O.N[C@@H](CC1CC1)C(=O)N1CCNCC1. The second-order valence-corrected chi connectivity index (χ2v) is 5.68. The molecule has 21 heavy (non-hydrogen) atoms. The predicted octanol–water partition coefficient (Wildman–Crippen LogP) is 0.505. The quantitative estimate of drug-likeness (QED) is 0.528. The summed E-state index contributed by atoms with van der Waals surface area (Å²) in [5.41, 5.74) is 5.88. The van der Waals surface area contributed by atoms with Crippen LogP contribution in [-0.2, 0) is 14.3 Å². The molecule has 6 heteroatoms. The van der Waals surface area contributed by atoms with E-state index in [2.05, 4.69) is 10.1 Å². The van der Waals surface area contributed by atoms with E-state index in [4.69, 9.17) is 5.73 Å². The van der Waals surface area contributed by atoms with Gasteiger partial charge in [0, 0.05) is 26.2 Å². The number of hydrogen-bond acceptors (Lipinski definition) is 5. The van der Waals surface area contributed by atoms with Gasteiger partial charge in [0.2, 0.25) is 5.91 Å². The molecule has 1 saturated carbocycles. The molecule has 1 heterocycles. The summed E-state index contributed by atoms with van der Waals surface area (Å²) in [6.45, 7) is 6.54. The van der Waals surface area contributed by atoms with Crippen LogP contribution in [0.2, 0.25) is 0 Å². The molecule has 1 saturated heterocycles. The Bertz CT molecular complexity index is 303. The van der Waals surface area contributed by atoms with Crippen LogP contribution in [0.3, 0.4) is 0 Å². The van der Waals surface area contributed by atoms with Gasteiger partial charge in [0.05, 0.1) is 12.6 Å². The first-order chi connectivity index (χ1) is 10.2. The van der Waals surface area contributed by atoms with Gasteiger partial charge in [0.25, 0.3) is 6.47 Å².